The van der Waals surface area contributed by atoms with Crippen molar-refractivity contribution in [3.05, 3.63) is 58.4 Å². The summed E-state index contributed by atoms with van der Waals surface area (Å²) in [6, 6.07) is 13.6. The second-order valence-corrected chi connectivity index (χ2v) is 16.5. The number of hydrogen-bond acceptors (Lipinski definition) is 6. The van der Waals surface area contributed by atoms with Gasteiger partial charge in [-0.15, -0.1) is 13.2 Å². The molecule has 2 aromatic carbocycles. The zero-order valence-corrected chi connectivity index (χ0v) is 31.8. The summed E-state index contributed by atoms with van der Waals surface area (Å²) in [6.45, 7) is 10.5. The molecule has 10 heteroatoms. The van der Waals surface area contributed by atoms with E-state index < -0.39 is 26.3 Å². The molecule has 0 saturated carbocycles. The smallest absolute Gasteiger partial charge is 0.493 e. The van der Waals surface area contributed by atoms with Crippen molar-refractivity contribution in [3.8, 4) is 22.6 Å². The van der Waals surface area contributed by atoms with Gasteiger partial charge in [0.05, 0.1) is 12.2 Å². The van der Waals surface area contributed by atoms with Gasteiger partial charge in [-0.1, -0.05) is 103 Å². The number of alkyl halides is 3. The summed E-state index contributed by atoms with van der Waals surface area (Å²) in [5.41, 5.74) is 0.363. The number of aryl methyl sites for hydroxylation is 1. The van der Waals surface area contributed by atoms with E-state index in [2.05, 4.69) is 32.4 Å². The number of fused-ring (bicyclic) bond motifs is 1. The molecule has 6 nitrogen and oxygen atoms in total. The molecule has 280 valence electrons. The average molecular weight is 721 g/mol. The number of hydrogen-bond donors (Lipinski definition) is 0. The predicted octanol–water partition coefficient (Wildman–Crippen LogP) is 12.3. The number of rotatable bonds is 26. The number of unbranched alkanes of at least 4 members (excludes halogenated alkanes) is 11. The van der Waals surface area contributed by atoms with E-state index in [0.717, 1.165) is 69.4 Å². The van der Waals surface area contributed by atoms with Crippen molar-refractivity contribution in [3.63, 3.8) is 0 Å². The Kier molecular flexibility index (Phi) is 18.5. The van der Waals surface area contributed by atoms with Crippen LogP contribution in [0.3, 0.4) is 0 Å². The third-order valence-corrected chi connectivity index (χ3v) is 13.0. The minimum Gasteiger partial charge on any atom is -0.493 e. The molecule has 1 aromatic heterocycles. The quantitative estimate of drug-likeness (QED) is 0.0467. The lowest BCUT2D eigenvalue weighted by atomic mass is 10.00. The van der Waals surface area contributed by atoms with E-state index in [9.17, 15) is 18.0 Å². The Bertz CT molecular complexity index is 1440. The van der Waals surface area contributed by atoms with Gasteiger partial charge in [-0.05, 0) is 75.0 Å². The molecule has 0 aliphatic carbocycles. The molecule has 0 aliphatic rings. The van der Waals surface area contributed by atoms with Gasteiger partial charge in [0.25, 0.3) is 0 Å². The van der Waals surface area contributed by atoms with Crippen LogP contribution in [0.15, 0.2) is 51.7 Å². The highest BCUT2D eigenvalue weighted by molar-refractivity contribution is 6.67. The Labute approximate surface area is 298 Å². The van der Waals surface area contributed by atoms with Gasteiger partial charge in [-0.25, -0.2) is 4.79 Å². The first-order valence-electron chi connectivity index (χ1n) is 19.0. The van der Waals surface area contributed by atoms with Crippen LogP contribution in [0, 0.1) is 0 Å². The molecule has 0 radical (unpaired) electrons. The van der Waals surface area contributed by atoms with Crippen LogP contribution in [0.1, 0.15) is 123 Å². The Hall–Kier alpha value is -2.82. The second-order valence-electron chi connectivity index (χ2n) is 13.1. The molecule has 0 bridgehead atoms. The van der Waals surface area contributed by atoms with Gasteiger partial charge in [-0.3, -0.25) is 0 Å². The van der Waals surface area contributed by atoms with Gasteiger partial charge in [0, 0.05) is 30.2 Å². The molecule has 1 heterocycles. The molecule has 0 fully saturated rings. The number of benzene rings is 2. The van der Waals surface area contributed by atoms with E-state index in [0.29, 0.717) is 29.7 Å². The summed E-state index contributed by atoms with van der Waals surface area (Å²) < 4.78 is 68.0. The third-order valence-electron chi connectivity index (χ3n) is 9.00. The first-order chi connectivity index (χ1) is 24.1. The first kappa shape index (κ1) is 41.6. The lowest BCUT2D eigenvalue weighted by Crippen LogP contribution is -2.42. The molecule has 0 amide bonds. The summed E-state index contributed by atoms with van der Waals surface area (Å²) in [5, 5.41) is 0.583. The molecule has 0 spiro atoms. The lowest BCUT2D eigenvalue weighted by Gasteiger charge is -2.29. The summed E-state index contributed by atoms with van der Waals surface area (Å²) in [7, 11) is -2.02. The molecule has 0 aliphatic heterocycles. The summed E-state index contributed by atoms with van der Waals surface area (Å²) in [4.78, 5) is 13.0. The predicted molar refractivity (Wildman–Crippen MR) is 198 cm³/mol. The molecule has 3 rings (SSSR count). The van der Waals surface area contributed by atoms with E-state index in [1.54, 1.807) is 30.3 Å². The molecular formula is C40H59F3O6Si. The third kappa shape index (κ3) is 14.4. The standard InChI is InChI=1S/C40H59F3O6Si/c1-5-9-18-21-32-22-25-35(38(29-32)49-40(41,42)43)36-30-33-23-24-34(31-37(33)48-39(36)44)45-26-19-16-14-12-10-11-13-15-17-20-28-50(27-6-2,46-7-3)47-8-4/h22-25,29-31H,5-21,26-28H2,1-4H3. The molecule has 0 unspecified atom stereocenters. The maximum Gasteiger partial charge on any atom is 0.573 e. The largest absolute Gasteiger partial charge is 0.573 e. The minimum atomic E-state index is -4.89. The molecule has 0 N–H and O–H groups in total. The maximum atomic E-state index is 13.3. The fourth-order valence-electron chi connectivity index (χ4n) is 6.57. The lowest BCUT2D eigenvalue weighted by molar-refractivity contribution is -0.274. The van der Waals surface area contributed by atoms with Crippen molar-refractivity contribution in [2.75, 3.05) is 19.8 Å². The number of halogens is 3. The highest BCUT2D eigenvalue weighted by Crippen LogP contribution is 2.35. The number of ether oxygens (including phenoxy) is 2. The second kappa shape index (κ2) is 22.2. The van der Waals surface area contributed by atoms with Crippen molar-refractivity contribution < 1.29 is 35.9 Å². The summed E-state index contributed by atoms with van der Waals surface area (Å²) in [6.07, 6.45) is 11.7. The van der Waals surface area contributed by atoms with Gasteiger partial charge in [-0.2, -0.15) is 0 Å². The topological polar surface area (TPSA) is 67.1 Å². The van der Waals surface area contributed by atoms with Crippen molar-refractivity contribution >= 4 is 19.5 Å². The van der Waals surface area contributed by atoms with Crippen molar-refractivity contribution in [1.82, 2.24) is 0 Å². The van der Waals surface area contributed by atoms with Crippen molar-refractivity contribution in [2.45, 2.75) is 142 Å². The normalized spacial score (nSPS) is 12.1. The monoisotopic (exact) mass is 720 g/mol. The van der Waals surface area contributed by atoms with Crippen LogP contribution in [0.5, 0.6) is 11.5 Å². The van der Waals surface area contributed by atoms with Crippen molar-refractivity contribution in [1.29, 1.82) is 0 Å². The van der Waals surface area contributed by atoms with E-state index in [4.69, 9.17) is 18.0 Å². The molecule has 50 heavy (non-hydrogen) atoms. The molecule has 3 aromatic rings. The fourth-order valence-corrected chi connectivity index (χ4v) is 10.1. The van der Waals surface area contributed by atoms with Gasteiger partial charge in [0.15, 0.2) is 0 Å². The Morgan fingerprint density at radius 2 is 1.34 bits per heavy atom. The van der Waals surface area contributed by atoms with Crippen LogP contribution in [0.2, 0.25) is 12.1 Å². The highest BCUT2D eigenvalue weighted by atomic mass is 28.4. The Balaban J connectivity index is 1.40. The molecular weight excluding hydrogens is 662 g/mol. The van der Waals surface area contributed by atoms with Gasteiger partial charge < -0.3 is 22.7 Å². The van der Waals surface area contributed by atoms with Crippen LogP contribution in [0.25, 0.3) is 22.1 Å². The zero-order valence-electron chi connectivity index (χ0n) is 30.8. The van der Waals surface area contributed by atoms with Crippen LogP contribution in [-0.2, 0) is 15.3 Å². The Morgan fingerprint density at radius 3 is 1.96 bits per heavy atom. The highest BCUT2D eigenvalue weighted by Gasteiger charge is 2.35. The van der Waals surface area contributed by atoms with Crippen molar-refractivity contribution in [2.24, 2.45) is 0 Å². The van der Waals surface area contributed by atoms with E-state index in [1.807, 2.05) is 0 Å². The first-order valence-corrected chi connectivity index (χ1v) is 21.2. The van der Waals surface area contributed by atoms with Gasteiger partial charge in [0.1, 0.15) is 17.1 Å². The molecule has 0 atom stereocenters. The average Bonchev–Trinajstić information content (AvgIpc) is 3.06. The van der Waals surface area contributed by atoms with E-state index in [1.165, 1.54) is 63.5 Å². The van der Waals surface area contributed by atoms with Gasteiger partial charge in [0.2, 0.25) is 0 Å². The van der Waals surface area contributed by atoms with Gasteiger partial charge >= 0.3 is 20.5 Å². The van der Waals surface area contributed by atoms with Crippen LogP contribution >= 0.6 is 0 Å². The van der Waals surface area contributed by atoms with Crippen LogP contribution < -0.4 is 15.1 Å². The summed E-state index contributed by atoms with van der Waals surface area (Å²) >= 11 is 0. The van der Waals surface area contributed by atoms with E-state index in [-0.39, 0.29) is 11.1 Å². The zero-order chi connectivity index (χ0) is 36.2. The fraction of sp³-hybridized carbons (Fsp3) is 0.625. The van der Waals surface area contributed by atoms with Crippen LogP contribution in [0.4, 0.5) is 13.2 Å². The van der Waals surface area contributed by atoms with E-state index >= 15 is 0 Å². The molecule has 0 saturated heterocycles. The van der Waals surface area contributed by atoms with Crippen LogP contribution in [-0.4, -0.2) is 34.7 Å². The SMILES string of the molecule is CCCCCc1ccc(-c2cc3ccc(OCCCCCCCCCCCC[Si](CCC)(OCC)OCC)cc3oc2=O)c(OC(F)(F)F)c1. The maximum absolute atomic E-state index is 13.3. The minimum absolute atomic E-state index is 0.0144. The Morgan fingerprint density at radius 1 is 0.680 bits per heavy atom. The summed E-state index contributed by atoms with van der Waals surface area (Å²) in [5.74, 6) is 0.183.